The first-order chi connectivity index (χ1) is 5.04. The van der Waals surface area contributed by atoms with Crippen LogP contribution in [0.2, 0.25) is 0 Å². The Morgan fingerprint density at radius 2 is 1.82 bits per heavy atom. The molecule has 0 aromatic heterocycles. The second-order valence-corrected chi connectivity index (χ2v) is 3.31. The van der Waals surface area contributed by atoms with Crippen LogP contribution in [0.3, 0.4) is 0 Å². The number of hydrogen-bond acceptors (Lipinski definition) is 3. The SMILES string of the molecule is C[C@H]1[C@H](C)[C@@H](C)OC(=O)[C@H]1O. The molecular weight excluding hydrogens is 144 g/mol. The van der Waals surface area contributed by atoms with E-state index in [-0.39, 0.29) is 17.9 Å². The van der Waals surface area contributed by atoms with Gasteiger partial charge in [-0.05, 0) is 18.8 Å². The van der Waals surface area contributed by atoms with E-state index in [1.54, 1.807) is 0 Å². The van der Waals surface area contributed by atoms with Gasteiger partial charge >= 0.3 is 5.97 Å². The van der Waals surface area contributed by atoms with Crippen molar-refractivity contribution in [1.29, 1.82) is 0 Å². The Balaban J connectivity index is 2.70. The van der Waals surface area contributed by atoms with Crippen LogP contribution >= 0.6 is 0 Å². The summed E-state index contributed by atoms with van der Waals surface area (Å²) in [5.41, 5.74) is 0. The minimum Gasteiger partial charge on any atom is -0.460 e. The molecule has 1 fully saturated rings. The summed E-state index contributed by atoms with van der Waals surface area (Å²) >= 11 is 0. The number of aliphatic hydroxyl groups excluding tert-OH is 1. The van der Waals surface area contributed by atoms with Gasteiger partial charge in [-0.25, -0.2) is 4.79 Å². The van der Waals surface area contributed by atoms with Crippen molar-refractivity contribution in [3.05, 3.63) is 0 Å². The number of aliphatic hydroxyl groups is 1. The number of cyclic esters (lactones) is 1. The molecule has 1 saturated heterocycles. The molecule has 0 amide bonds. The standard InChI is InChI=1S/C8H14O3/c1-4-5(2)7(9)8(10)11-6(4)3/h4-7,9H,1-3H3/t4-,5-,6+,7-/m0/s1. The van der Waals surface area contributed by atoms with Gasteiger partial charge in [0.1, 0.15) is 6.10 Å². The van der Waals surface area contributed by atoms with E-state index in [9.17, 15) is 9.90 Å². The normalized spacial score (nSPS) is 45.3. The van der Waals surface area contributed by atoms with Crippen molar-refractivity contribution in [1.82, 2.24) is 0 Å². The van der Waals surface area contributed by atoms with Gasteiger partial charge in [0.15, 0.2) is 6.10 Å². The quantitative estimate of drug-likeness (QED) is 0.524. The molecule has 1 heterocycles. The average Bonchev–Trinajstić information content (AvgIpc) is 1.97. The molecule has 0 aromatic carbocycles. The lowest BCUT2D eigenvalue weighted by atomic mass is 9.85. The van der Waals surface area contributed by atoms with Crippen LogP contribution in [0.5, 0.6) is 0 Å². The zero-order valence-corrected chi connectivity index (χ0v) is 7.07. The molecule has 0 aliphatic carbocycles. The number of esters is 1. The highest BCUT2D eigenvalue weighted by Crippen LogP contribution is 2.26. The Morgan fingerprint density at radius 3 is 2.36 bits per heavy atom. The summed E-state index contributed by atoms with van der Waals surface area (Å²) in [7, 11) is 0. The summed E-state index contributed by atoms with van der Waals surface area (Å²) < 4.78 is 4.89. The van der Waals surface area contributed by atoms with E-state index in [1.807, 2.05) is 20.8 Å². The predicted molar refractivity (Wildman–Crippen MR) is 39.9 cm³/mol. The second kappa shape index (κ2) is 2.81. The number of ether oxygens (including phenoxy) is 1. The molecule has 0 aromatic rings. The average molecular weight is 158 g/mol. The van der Waals surface area contributed by atoms with Crippen LogP contribution in [-0.4, -0.2) is 23.3 Å². The monoisotopic (exact) mass is 158 g/mol. The Kier molecular flexibility index (Phi) is 2.18. The van der Waals surface area contributed by atoms with Gasteiger partial charge in [0, 0.05) is 0 Å². The third kappa shape index (κ3) is 1.38. The molecule has 0 bridgehead atoms. The van der Waals surface area contributed by atoms with E-state index in [1.165, 1.54) is 0 Å². The summed E-state index contributed by atoms with van der Waals surface area (Å²) in [6.45, 7) is 5.70. The Bertz CT molecular complexity index is 167. The number of carbonyl (C=O) groups excluding carboxylic acids is 1. The van der Waals surface area contributed by atoms with E-state index >= 15 is 0 Å². The van der Waals surface area contributed by atoms with Crippen LogP contribution < -0.4 is 0 Å². The number of rotatable bonds is 0. The fourth-order valence-corrected chi connectivity index (χ4v) is 1.29. The molecule has 1 aliphatic heterocycles. The largest absolute Gasteiger partial charge is 0.460 e. The van der Waals surface area contributed by atoms with Crippen LogP contribution in [-0.2, 0) is 9.53 Å². The van der Waals surface area contributed by atoms with Gasteiger partial charge in [0.2, 0.25) is 0 Å². The van der Waals surface area contributed by atoms with Crippen LogP contribution in [0.15, 0.2) is 0 Å². The lowest BCUT2D eigenvalue weighted by Gasteiger charge is -2.34. The van der Waals surface area contributed by atoms with Gasteiger partial charge < -0.3 is 9.84 Å². The molecule has 64 valence electrons. The van der Waals surface area contributed by atoms with Crippen molar-refractivity contribution in [2.45, 2.75) is 33.0 Å². The fraction of sp³-hybridized carbons (Fsp3) is 0.875. The summed E-state index contributed by atoms with van der Waals surface area (Å²) in [6, 6.07) is 0. The molecule has 1 N–H and O–H groups in total. The van der Waals surface area contributed by atoms with Crippen molar-refractivity contribution >= 4 is 5.97 Å². The van der Waals surface area contributed by atoms with Gasteiger partial charge in [0.05, 0.1) is 0 Å². The minimum atomic E-state index is -0.929. The van der Waals surface area contributed by atoms with Crippen molar-refractivity contribution in [3.63, 3.8) is 0 Å². The predicted octanol–water partition coefficient (Wildman–Crippen LogP) is 0.565. The molecule has 11 heavy (non-hydrogen) atoms. The molecular formula is C8H14O3. The highest BCUT2D eigenvalue weighted by molar-refractivity contribution is 5.75. The minimum absolute atomic E-state index is 0.00579. The lowest BCUT2D eigenvalue weighted by molar-refractivity contribution is -0.177. The Labute approximate surface area is 66.4 Å². The maximum atomic E-state index is 10.9. The zero-order valence-electron chi connectivity index (χ0n) is 7.07. The Hall–Kier alpha value is -0.570. The molecule has 4 atom stereocenters. The maximum absolute atomic E-state index is 10.9. The van der Waals surface area contributed by atoms with Crippen molar-refractivity contribution in [2.24, 2.45) is 11.8 Å². The zero-order chi connectivity index (χ0) is 8.59. The fourth-order valence-electron chi connectivity index (χ4n) is 1.29. The molecule has 0 unspecified atom stereocenters. The second-order valence-electron chi connectivity index (χ2n) is 3.31. The molecule has 0 radical (unpaired) electrons. The lowest BCUT2D eigenvalue weighted by Crippen LogP contribution is -2.45. The topological polar surface area (TPSA) is 46.5 Å². The van der Waals surface area contributed by atoms with Crippen LogP contribution in [0.25, 0.3) is 0 Å². The van der Waals surface area contributed by atoms with Gasteiger partial charge in [0.25, 0.3) is 0 Å². The third-order valence-electron chi connectivity index (χ3n) is 2.61. The van der Waals surface area contributed by atoms with Gasteiger partial charge in [-0.3, -0.25) is 0 Å². The van der Waals surface area contributed by atoms with Crippen LogP contribution in [0.1, 0.15) is 20.8 Å². The molecule has 0 spiro atoms. The van der Waals surface area contributed by atoms with Crippen LogP contribution in [0, 0.1) is 11.8 Å². The van der Waals surface area contributed by atoms with Gasteiger partial charge in [-0.2, -0.15) is 0 Å². The van der Waals surface area contributed by atoms with E-state index in [4.69, 9.17) is 4.74 Å². The van der Waals surface area contributed by atoms with Crippen molar-refractivity contribution in [2.75, 3.05) is 0 Å². The van der Waals surface area contributed by atoms with Gasteiger partial charge in [-0.15, -0.1) is 0 Å². The smallest absolute Gasteiger partial charge is 0.335 e. The van der Waals surface area contributed by atoms with Gasteiger partial charge in [-0.1, -0.05) is 13.8 Å². The molecule has 3 heteroatoms. The maximum Gasteiger partial charge on any atom is 0.335 e. The first kappa shape index (κ1) is 8.53. The third-order valence-corrected chi connectivity index (χ3v) is 2.61. The first-order valence-electron chi connectivity index (χ1n) is 3.92. The summed E-state index contributed by atoms with van der Waals surface area (Å²) in [6.07, 6.45) is -0.998. The molecule has 3 nitrogen and oxygen atoms in total. The highest BCUT2D eigenvalue weighted by atomic mass is 16.6. The van der Waals surface area contributed by atoms with Crippen LogP contribution in [0.4, 0.5) is 0 Å². The molecule has 1 aliphatic rings. The van der Waals surface area contributed by atoms with E-state index in [0.717, 1.165) is 0 Å². The molecule has 0 saturated carbocycles. The number of hydrogen-bond donors (Lipinski definition) is 1. The molecule has 1 rings (SSSR count). The first-order valence-corrected chi connectivity index (χ1v) is 3.92. The van der Waals surface area contributed by atoms with Crippen molar-refractivity contribution in [3.8, 4) is 0 Å². The summed E-state index contributed by atoms with van der Waals surface area (Å²) in [4.78, 5) is 10.9. The summed E-state index contributed by atoms with van der Waals surface area (Å²) in [5, 5.41) is 9.26. The van der Waals surface area contributed by atoms with E-state index in [2.05, 4.69) is 0 Å². The van der Waals surface area contributed by atoms with Crippen molar-refractivity contribution < 1.29 is 14.6 Å². The highest BCUT2D eigenvalue weighted by Gasteiger charge is 2.37. The Morgan fingerprint density at radius 1 is 1.27 bits per heavy atom. The number of carbonyl (C=O) groups is 1. The summed E-state index contributed by atoms with van der Waals surface area (Å²) in [5.74, 6) is -0.239. The van der Waals surface area contributed by atoms with E-state index in [0.29, 0.717) is 0 Å². The van der Waals surface area contributed by atoms with E-state index < -0.39 is 12.1 Å².